The molecule has 1 heterocycles. The number of aliphatic hydroxyl groups excluding tert-OH is 1. The zero-order valence-electron chi connectivity index (χ0n) is 18.8. The maximum atomic E-state index is 11.4. The average Bonchev–Trinajstić information content (AvgIpc) is 3.10. The Morgan fingerprint density at radius 3 is 1.72 bits per heavy atom. The molecule has 32 heavy (non-hydrogen) atoms. The topological polar surface area (TPSA) is 28.4 Å². The Hall–Kier alpha value is -0.880. The fraction of sp³-hybridized carbons (Fsp3) is 0.556. The molecule has 1 aromatic heterocycles. The number of hydrogen-bond acceptors (Lipinski definition) is 2. The molecular formula is C27H34Br2N2O. The monoisotopic (exact) mass is 560 g/mol. The van der Waals surface area contributed by atoms with Crippen molar-refractivity contribution < 1.29 is 5.11 Å². The van der Waals surface area contributed by atoms with Crippen molar-refractivity contribution in [3.8, 4) is 0 Å². The van der Waals surface area contributed by atoms with Crippen LogP contribution in [0.5, 0.6) is 0 Å². The highest BCUT2D eigenvalue weighted by molar-refractivity contribution is 9.10. The molecule has 5 rings (SSSR count). The summed E-state index contributed by atoms with van der Waals surface area (Å²) >= 11 is 7.28. The molecule has 5 heteroatoms. The molecule has 0 radical (unpaired) electrons. The summed E-state index contributed by atoms with van der Waals surface area (Å²) in [6.07, 6.45) is 13.0. The molecule has 3 nitrogen and oxygen atoms in total. The van der Waals surface area contributed by atoms with Gasteiger partial charge in [0.05, 0.1) is 12.6 Å². The molecule has 2 saturated carbocycles. The Labute approximate surface area is 208 Å². The van der Waals surface area contributed by atoms with Crippen molar-refractivity contribution in [2.75, 3.05) is 6.54 Å². The summed E-state index contributed by atoms with van der Waals surface area (Å²) < 4.78 is 4.50. The van der Waals surface area contributed by atoms with E-state index in [2.05, 4.69) is 77.7 Å². The van der Waals surface area contributed by atoms with Gasteiger partial charge in [-0.15, -0.1) is 0 Å². The first kappa shape index (κ1) is 22.9. The molecule has 172 valence electrons. The molecule has 1 N–H and O–H groups in total. The van der Waals surface area contributed by atoms with Gasteiger partial charge in [0.15, 0.2) is 0 Å². The van der Waals surface area contributed by atoms with Crippen LogP contribution >= 0.6 is 31.9 Å². The summed E-state index contributed by atoms with van der Waals surface area (Å²) in [4.78, 5) is 2.73. The predicted octanol–water partition coefficient (Wildman–Crippen LogP) is 7.65. The van der Waals surface area contributed by atoms with E-state index < -0.39 is 0 Å². The summed E-state index contributed by atoms with van der Waals surface area (Å²) in [6, 6.07) is 14.3. The summed E-state index contributed by atoms with van der Waals surface area (Å²) in [5.41, 5.74) is 2.39. The highest BCUT2D eigenvalue weighted by Crippen LogP contribution is 2.34. The van der Waals surface area contributed by atoms with Crippen LogP contribution in [0.1, 0.15) is 64.2 Å². The summed E-state index contributed by atoms with van der Waals surface area (Å²) in [7, 11) is 0. The first-order chi connectivity index (χ1) is 15.6. The predicted molar refractivity (Wildman–Crippen MR) is 141 cm³/mol. The molecule has 3 aromatic rings. The second-order valence-electron chi connectivity index (χ2n) is 9.87. The maximum absolute atomic E-state index is 11.4. The van der Waals surface area contributed by atoms with Gasteiger partial charge in [-0.1, -0.05) is 70.4 Å². The van der Waals surface area contributed by atoms with Crippen LogP contribution in [0, 0.1) is 0 Å². The molecule has 1 atom stereocenters. The molecule has 0 saturated heterocycles. The van der Waals surface area contributed by atoms with E-state index in [4.69, 9.17) is 0 Å². The Morgan fingerprint density at radius 1 is 0.781 bits per heavy atom. The lowest BCUT2D eigenvalue weighted by Crippen LogP contribution is -2.49. The summed E-state index contributed by atoms with van der Waals surface area (Å²) in [5, 5.41) is 13.9. The molecule has 0 aliphatic heterocycles. The molecule has 2 fully saturated rings. The number of fused-ring (bicyclic) bond motifs is 3. The third kappa shape index (κ3) is 4.82. The first-order valence-electron chi connectivity index (χ1n) is 12.4. The lowest BCUT2D eigenvalue weighted by molar-refractivity contribution is 0.0242. The van der Waals surface area contributed by atoms with Gasteiger partial charge in [-0.25, -0.2) is 0 Å². The van der Waals surface area contributed by atoms with Gasteiger partial charge in [-0.2, -0.15) is 0 Å². The zero-order chi connectivity index (χ0) is 22.1. The van der Waals surface area contributed by atoms with E-state index in [1.54, 1.807) is 0 Å². The molecule has 2 aromatic carbocycles. The Kier molecular flexibility index (Phi) is 7.27. The number of aliphatic hydroxyl groups is 1. The van der Waals surface area contributed by atoms with Crippen molar-refractivity contribution in [3.05, 3.63) is 45.3 Å². The van der Waals surface area contributed by atoms with E-state index in [0.29, 0.717) is 18.6 Å². The smallest absolute Gasteiger partial charge is 0.0846 e. The fourth-order valence-electron chi connectivity index (χ4n) is 6.18. The zero-order valence-corrected chi connectivity index (χ0v) is 22.0. The fourth-order valence-corrected chi connectivity index (χ4v) is 6.90. The van der Waals surface area contributed by atoms with Crippen molar-refractivity contribution in [1.29, 1.82) is 0 Å². The van der Waals surface area contributed by atoms with Crippen LogP contribution in [0.25, 0.3) is 21.8 Å². The van der Waals surface area contributed by atoms with Crippen LogP contribution in [-0.4, -0.2) is 39.3 Å². The average molecular weight is 562 g/mol. The van der Waals surface area contributed by atoms with Crippen molar-refractivity contribution in [1.82, 2.24) is 9.47 Å². The van der Waals surface area contributed by atoms with Gasteiger partial charge < -0.3 is 9.67 Å². The van der Waals surface area contributed by atoms with Gasteiger partial charge in [0.1, 0.15) is 0 Å². The largest absolute Gasteiger partial charge is 0.390 e. The normalized spacial score (nSPS) is 19.9. The van der Waals surface area contributed by atoms with E-state index in [0.717, 1.165) is 15.5 Å². The SMILES string of the molecule is O[C@@H](CN(C1CCCCC1)C1CCCCC1)Cn1c2ccc(Br)cc2c2cc(Br)ccc21. The Morgan fingerprint density at radius 2 is 1.25 bits per heavy atom. The van der Waals surface area contributed by atoms with E-state index in [1.165, 1.54) is 86.0 Å². The van der Waals surface area contributed by atoms with Gasteiger partial charge >= 0.3 is 0 Å². The van der Waals surface area contributed by atoms with Crippen molar-refractivity contribution >= 4 is 53.7 Å². The van der Waals surface area contributed by atoms with Gasteiger partial charge in [-0.05, 0) is 62.1 Å². The lowest BCUT2D eigenvalue weighted by Gasteiger charge is -2.42. The molecule has 2 aliphatic rings. The van der Waals surface area contributed by atoms with Crippen LogP contribution in [0.4, 0.5) is 0 Å². The molecule has 2 aliphatic carbocycles. The number of aromatic nitrogens is 1. The lowest BCUT2D eigenvalue weighted by atomic mass is 9.88. The minimum Gasteiger partial charge on any atom is -0.390 e. The third-order valence-electron chi connectivity index (χ3n) is 7.69. The molecular weight excluding hydrogens is 528 g/mol. The molecule has 0 amide bonds. The molecule has 0 unspecified atom stereocenters. The van der Waals surface area contributed by atoms with Gasteiger partial charge in [0.25, 0.3) is 0 Å². The number of hydrogen-bond donors (Lipinski definition) is 1. The van der Waals surface area contributed by atoms with Crippen molar-refractivity contribution in [3.63, 3.8) is 0 Å². The van der Waals surface area contributed by atoms with Gasteiger partial charge in [-0.3, -0.25) is 4.90 Å². The number of rotatable bonds is 6. The second kappa shape index (κ2) is 10.2. The number of halogens is 2. The van der Waals surface area contributed by atoms with E-state index in [1.807, 2.05) is 0 Å². The van der Waals surface area contributed by atoms with Crippen LogP contribution in [0.3, 0.4) is 0 Å². The van der Waals surface area contributed by atoms with Crippen LogP contribution in [0.15, 0.2) is 45.3 Å². The minimum absolute atomic E-state index is 0.370. The van der Waals surface area contributed by atoms with Crippen LogP contribution in [-0.2, 0) is 6.54 Å². The highest BCUT2D eigenvalue weighted by atomic mass is 79.9. The van der Waals surface area contributed by atoms with E-state index >= 15 is 0 Å². The Balaban J connectivity index is 1.43. The van der Waals surface area contributed by atoms with Crippen LogP contribution in [0.2, 0.25) is 0 Å². The van der Waals surface area contributed by atoms with Gasteiger partial charge in [0, 0.05) is 49.4 Å². The summed E-state index contributed by atoms with van der Waals surface area (Å²) in [6.45, 7) is 1.43. The number of benzene rings is 2. The molecule has 0 spiro atoms. The highest BCUT2D eigenvalue weighted by Gasteiger charge is 2.30. The summed E-state index contributed by atoms with van der Waals surface area (Å²) in [5.74, 6) is 0. The second-order valence-corrected chi connectivity index (χ2v) is 11.7. The first-order valence-corrected chi connectivity index (χ1v) is 14.0. The van der Waals surface area contributed by atoms with E-state index in [-0.39, 0.29) is 6.10 Å². The molecule has 0 bridgehead atoms. The van der Waals surface area contributed by atoms with Crippen molar-refractivity contribution in [2.24, 2.45) is 0 Å². The van der Waals surface area contributed by atoms with Crippen LogP contribution < -0.4 is 0 Å². The Bertz CT molecular complexity index is 989. The number of nitrogens with zero attached hydrogens (tertiary/aromatic N) is 2. The standard InChI is InChI=1S/C27H34Br2N2O/c28-19-11-13-26-24(15-19)25-16-20(29)12-14-27(25)31(26)18-23(32)17-30(21-7-3-1-4-8-21)22-9-5-2-6-10-22/h11-16,21-23,32H,1-10,17-18H2/t23-/m0/s1. The maximum Gasteiger partial charge on any atom is 0.0846 e. The minimum atomic E-state index is -0.370. The quantitative estimate of drug-likeness (QED) is 0.335. The van der Waals surface area contributed by atoms with E-state index in [9.17, 15) is 5.11 Å². The van der Waals surface area contributed by atoms with Gasteiger partial charge in [0.2, 0.25) is 0 Å². The van der Waals surface area contributed by atoms with Crippen molar-refractivity contribution in [2.45, 2.75) is 88.9 Å². The third-order valence-corrected chi connectivity index (χ3v) is 8.68.